The Morgan fingerprint density at radius 3 is 2.62 bits per heavy atom. The highest BCUT2D eigenvalue weighted by molar-refractivity contribution is 5.85. The molecule has 1 saturated carbocycles. The predicted molar refractivity (Wildman–Crippen MR) is 108 cm³/mol. The molecular formula is C19H32Cl2N2O3. The molecule has 2 rings (SSSR count). The van der Waals surface area contributed by atoms with Crippen LogP contribution in [0.4, 0.5) is 0 Å². The first kappa shape index (κ1) is 25.1. The summed E-state index contributed by atoms with van der Waals surface area (Å²) in [4.78, 5) is 15.9. The van der Waals surface area contributed by atoms with E-state index in [-0.39, 0.29) is 37.2 Å². The molecule has 1 heterocycles. The molecule has 0 aliphatic heterocycles. The van der Waals surface area contributed by atoms with Crippen molar-refractivity contribution in [1.29, 1.82) is 0 Å². The number of hydrogen-bond donors (Lipinski definition) is 3. The van der Waals surface area contributed by atoms with Crippen LogP contribution in [0.2, 0.25) is 0 Å². The van der Waals surface area contributed by atoms with Crippen molar-refractivity contribution in [3.05, 3.63) is 29.6 Å². The van der Waals surface area contributed by atoms with Gasteiger partial charge in [0.2, 0.25) is 0 Å². The molecule has 0 amide bonds. The second kappa shape index (κ2) is 10.5. The lowest BCUT2D eigenvalue weighted by atomic mass is 9.84. The fraction of sp³-hybridized carbons (Fsp3) is 0.684. The van der Waals surface area contributed by atoms with Crippen molar-refractivity contribution in [2.45, 2.75) is 70.4 Å². The van der Waals surface area contributed by atoms with Crippen LogP contribution in [0.25, 0.3) is 0 Å². The average Bonchev–Trinajstić information content (AvgIpc) is 3.26. The maximum Gasteiger partial charge on any atom is 0.337 e. The number of aromatic nitrogens is 1. The zero-order valence-corrected chi connectivity index (χ0v) is 17.4. The fourth-order valence-corrected chi connectivity index (χ4v) is 3.51. The molecule has 0 aromatic carbocycles. The second-order valence-corrected chi connectivity index (χ2v) is 7.61. The Hall–Kier alpha value is -0.880. The lowest BCUT2D eigenvalue weighted by Crippen LogP contribution is -2.56. The van der Waals surface area contributed by atoms with Crippen LogP contribution in [0.15, 0.2) is 18.3 Å². The van der Waals surface area contributed by atoms with Crippen LogP contribution in [0.3, 0.4) is 0 Å². The maximum atomic E-state index is 11.7. The van der Waals surface area contributed by atoms with E-state index in [2.05, 4.69) is 11.9 Å². The second-order valence-electron chi connectivity index (χ2n) is 7.61. The summed E-state index contributed by atoms with van der Waals surface area (Å²) in [5, 5.41) is 20.2. The summed E-state index contributed by atoms with van der Waals surface area (Å²) in [5.41, 5.74) is 5.83. The van der Waals surface area contributed by atoms with Gasteiger partial charge < -0.3 is 15.9 Å². The third kappa shape index (κ3) is 6.08. The first-order valence-corrected chi connectivity index (χ1v) is 8.94. The SMILES string of the molecule is CCC[C@@H]1C[C@H]1c1ccnc(C[C@](O)(C(=O)O)[C@@H](N)CC(C)C)c1.Cl.Cl. The largest absolute Gasteiger partial charge is 0.479 e. The van der Waals surface area contributed by atoms with Crippen LogP contribution < -0.4 is 5.73 Å². The van der Waals surface area contributed by atoms with Crippen molar-refractivity contribution in [3.63, 3.8) is 0 Å². The van der Waals surface area contributed by atoms with Crippen molar-refractivity contribution in [2.24, 2.45) is 17.6 Å². The number of nitrogens with two attached hydrogens (primary N) is 1. The highest BCUT2D eigenvalue weighted by Gasteiger charge is 2.43. The van der Waals surface area contributed by atoms with E-state index >= 15 is 0 Å². The molecule has 0 unspecified atom stereocenters. The molecule has 0 saturated heterocycles. The highest BCUT2D eigenvalue weighted by atomic mass is 35.5. The van der Waals surface area contributed by atoms with E-state index in [0.29, 0.717) is 18.0 Å². The first-order chi connectivity index (χ1) is 11.3. The molecule has 1 aromatic rings. The normalized spacial score (nSPS) is 21.9. The summed E-state index contributed by atoms with van der Waals surface area (Å²) < 4.78 is 0. The molecular weight excluding hydrogens is 375 g/mol. The lowest BCUT2D eigenvalue weighted by molar-refractivity contribution is -0.161. The van der Waals surface area contributed by atoms with Gasteiger partial charge in [0.1, 0.15) is 0 Å². The molecule has 7 heteroatoms. The zero-order chi connectivity index (χ0) is 17.9. The summed E-state index contributed by atoms with van der Waals surface area (Å²) in [6, 6.07) is 3.11. The summed E-state index contributed by atoms with van der Waals surface area (Å²) in [7, 11) is 0. The number of nitrogens with zero attached hydrogens (tertiary/aromatic N) is 1. The van der Waals surface area contributed by atoms with E-state index in [1.807, 2.05) is 26.0 Å². The number of pyridine rings is 1. The lowest BCUT2D eigenvalue weighted by Gasteiger charge is -2.30. The van der Waals surface area contributed by atoms with Crippen LogP contribution in [-0.2, 0) is 11.2 Å². The van der Waals surface area contributed by atoms with Gasteiger partial charge in [-0.2, -0.15) is 0 Å². The number of aliphatic hydroxyl groups is 1. The molecule has 26 heavy (non-hydrogen) atoms. The van der Waals surface area contributed by atoms with Gasteiger partial charge in [-0.3, -0.25) is 4.98 Å². The minimum absolute atomic E-state index is 0. The van der Waals surface area contributed by atoms with Crippen molar-refractivity contribution < 1.29 is 15.0 Å². The quantitative estimate of drug-likeness (QED) is 0.582. The van der Waals surface area contributed by atoms with Crippen LogP contribution in [-0.4, -0.2) is 32.8 Å². The van der Waals surface area contributed by atoms with Gasteiger partial charge in [0.15, 0.2) is 5.60 Å². The van der Waals surface area contributed by atoms with Gasteiger partial charge in [-0.1, -0.05) is 33.6 Å². The minimum Gasteiger partial charge on any atom is -0.479 e. The van der Waals surface area contributed by atoms with Crippen molar-refractivity contribution >= 4 is 30.8 Å². The van der Waals surface area contributed by atoms with Crippen molar-refractivity contribution in [2.75, 3.05) is 0 Å². The van der Waals surface area contributed by atoms with Gasteiger partial charge in [-0.05, 0) is 48.3 Å². The summed E-state index contributed by atoms with van der Waals surface area (Å²) in [5.74, 6) is 0.213. The molecule has 0 bridgehead atoms. The Morgan fingerprint density at radius 2 is 2.08 bits per heavy atom. The molecule has 0 radical (unpaired) electrons. The average molecular weight is 407 g/mol. The molecule has 1 fully saturated rings. The number of halogens is 2. The van der Waals surface area contributed by atoms with Crippen molar-refractivity contribution in [3.8, 4) is 0 Å². The van der Waals surface area contributed by atoms with Crippen LogP contribution >= 0.6 is 24.8 Å². The van der Waals surface area contributed by atoms with Gasteiger partial charge in [-0.25, -0.2) is 4.79 Å². The third-order valence-electron chi connectivity index (χ3n) is 5.01. The molecule has 1 aliphatic carbocycles. The third-order valence-corrected chi connectivity index (χ3v) is 5.01. The van der Waals surface area contributed by atoms with Crippen molar-refractivity contribution in [1.82, 2.24) is 4.98 Å². The van der Waals surface area contributed by atoms with Gasteiger partial charge in [0.05, 0.1) is 0 Å². The number of carboxylic acid groups (broad SMARTS) is 1. The number of hydrogen-bond acceptors (Lipinski definition) is 4. The molecule has 1 aromatic heterocycles. The Bertz CT molecular complexity index is 586. The summed E-state index contributed by atoms with van der Waals surface area (Å²) >= 11 is 0. The molecule has 5 nitrogen and oxygen atoms in total. The standard InChI is InChI=1S/C19H30N2O3.2ClH/c1-4-5-13-10-16(13)14-6-7-21-15(9-14)11-19(24,18(22)23)17(20)8-12(2)3;;/h6-7,9,12-13,16-17,24H,4-5,8,10-11,20H2,1-3H3,(H,22,23);2*1H/t13-,16-,17+,19-;;/m1../s1. The minimum atomic E-state index is -1.98. The van der Waals surface area contributed by atoms with Gasteiger partial charge in [0, 0.05) is 24.4 Å². The summed E-state index contributed by atoms with van der Waals surface area (Å²) in [6.45, 7) is 6.11. The fourth-order valence-electron chi connectivity index (χ4n) is 3.51. The van der Waals surface area contributed by atoms with E-state index < -0.39 is 17.6 Å². The zero-order valence-electron chi connectivity index (χ0n) is 15.7. The molecule has 4 atom stereocenters. The Kier molecular flexibility index (Phi) is 10.1. The summed E-state index contributed by atoms with van der Waals surface area (Å²) in [6.07, 6.45) is 5.69. The van der Waals surface area contributed by atoms with Crippen LogP contribution in [0, 0.1) is 11.8 Å². The maximum absolute atomic E-state index is 11.7. The Balaban J connectivity index is 0.00000312. The number of carboxylic acids is 1. The highest BCUT2D eigenvalue weighted by Crippen LogP contribution is 2.50. The smallest absolute Gasteiger partial charge is 0.337 e. The monoisotopic (exact) mass is 406 g/mol. The van der Waals surface area contributed by atoms with E-state index in [1.54, 1.807) is 6.20 Å². The number of rotatable bonds is 9. The van der Waals surface area contributed by atoms with Gasteiger partial charge in [0.25, 0.3) is 0 Å². The Labute approximate surface area is 168 Å². The number of carbonyl (C=O) groups is 1. The topological polar surface area (TPSA) is 96.4 Å². The van der Waals surface area contributed by atoms with Gasteiger partial charge >= 0.3 is 5.97 Å². The molecule has 4 N–H and O–H groups in total. The van der Waals surface area contributed by atoms with E-state index in [0.717, 1.165) is 5.92 Å². The van der Waals surface area contributed by atoms with E-state index in [9.17, 15) is 15.0 Å². The predicted octanol–water partition coefficient (Wildman–Crippen LogP) is 3.56. The number of aliphatic carboxylic acids is 1. The Morgan fingerprint density at radius 1 is 1.42 bits per heavy atom. The first-order valence-electron chi connectivity index (χ1n) is 8.94. The van der Waals surface area contributed by atoms with Crippen LogP contribution in [0.5, 0.6) is 0 Å². The van der Waals surface area contributed by atoms with E-state index in [4.69, 9.17) is 5.73 Å². The van der Waals surface area contributed by atoms with Crippen LogP contribution in [0.1, 0.15) is 63.6 Å². The molecule has 0 spiro atoms. The van der Waals surface area contributed by atoms with Gasteiger partial charge in [-0.15, -0.1) is 24.8 Å². The van der Waals surface area contributed by atoms with E-state index in [1.165, 1.54) is 24.8 Å². The molecule has 1 aliphatic rings. The molecule has 150 valence electrons.